The number of hydrogen-bond acceptors (Lipinski definition) is 2. The first-order chi connectivity index (χ1) is 20.4. The minimum Gasteiger partial charge on any atom is -0.245 e. The first kappa shape index (κ1) is 28.4. The molecule has 0 fully saturated rings. The summed E-state index contributed by atoms with van der Waals surface area (Å²) in [6.45, 7) is 8.40. The van der Waals surface area contributed by atoms with Crippen molar-refractivity contribution in [2.75, 3.05) is 0 Å². The highest BCUT2D eigenvalue weighted by atomic mass is 14.8. The molecule has 206 valence electrons. The first-order valence-electron chi connectivity index (χ1n) is 14.3. The average Bonchev–Trinajstić information content (AvgIpc) is 3.00. The van der Waals surface area contributed by atoms with Crippen LogP contribution in [0.2, 0.25) is 0 Å². The Kier molecular flexibility index (Phi) is 9.16. The summed E-state index contributed by atoms with van der Waals surface area (Å²) in [7, 11) is 0. The molecule has 4 aromatic carbocycles. The lowest BCUT2D eigenvalue weighted by atomic mass is 10.1. The lowest BCUT2D eigenvalue weighted by Gasteiger charge is -2.08. The number of aryl methyl sites for hydroxylation is 4. The zero-order valence-corrected chi connectivity index (χ0v) is 24.8. The number of rotatable bonds is 8. The smallest absolute Gasteiger partial charge is 0.0894 e. The molecule has 0 N–H and O–H groups in total. The van der Waals surface area contributed by atoms with Gasteiger partial charge in [-0.3, -0.25) is 0 Å². The Morgan fingerprint density at radius 3 is 0.667 bits per heavy atom. The minimum atomic E-state index is 0.815. The molecular weight excluding hydrogens is 508 g/mol. The minimum absolute atomic E-state index is 0.815. The number of hydrogen-bond donors (Lipinski definition) is 0. The lowest BCUT2D eigenvalue weighted by molar-refractivity contribution is 1.12. The van der Waals surface area contributed by atoms with Gasteiger partial charge in [0.1, 0.15) is 0 Å². The number of aromatic nitrogens is 2. The second kappa shape index (κ2) is 13.5. The van der Waals surface area contributed by atoms with Crippen LogP contribution >= 0.6 is 0 Å². The normalized spacial score (nSPS) is 11.9. The predicted molar refractivity (Wildman–Crippen MR) is 182 cm³/mol. The predicted octanol–water partition coefficient (Wildman–Crippen LogP) is 10.4. The van der Waals surface area contributed by atoms with Crippen LogP contribution in [0.4, 0.5) is 0 Å². The van der Waals surface area contributed by atoms with Crippen molar-refractivity contribution in [2.24, 2.45) is 0 Å². The summed E-state index contributed by atoms with van der Waals surface area (Å²) < 4.78 is 0. The lowest BCUT2D eigenvalue weighted by Crippen LogP contribution is -1.99. The molecule has 2 nitrogen and oxygen atoms in total. The largest absolute Gasteiger partial charge is 0.245 e. The molecule has 0 aliphatic carbocycles. The first-order valence-corrected chi connectivity index (χ1v) is 14.3. The van der Waals surface area contributed by atoms with E-state index in [4.69, 9.17) is 9.97 Å². The van der Waals surface area contributed by atoms with Gasteiger partial charge in [0.25, 0.3) is 0 Å². The Hall–Kier alpha value is -5.08. The van der Waals surface area contributed by atoms with Gasteiger partial charge in [-0.15, -0.1) is 0 Å². The van der Waals surface area contributed by atoms with Gasteiger partial charge in [-0.1, -0.05) is 144 Å². The fourth-order valence-corrected chi connectivity index (χ4v) is 4.39. The van der Waals surface area contributed by atoms with Crippen LogP contribution in [0, 0.1) is 27.7 Å². The van der Waals surface area contributed by atoms with E-state index in [1.54, 1.807) is 0 Å². The van der Waals surface area contributed by atoms with Crippen LogP contribution in [0.3, 0.4) is 0 Å². The molecule has 0 saturated carbocycles. The zero-order chi connectivity index (χ0) is 29.3. The van der Waals surface area contributed by atoms with Gasteiger partial charge in [0.2, 0.25) is 0 Å². The second-order valence-corrected chi connectivity index (χ2v) is 10.7. The van der Waals surface area contributed by atoms with Crippen molar-refractivity contribution < 1.29 is 0 Å². The Morgan fingerprint density at radius 1 is 0.286 bits per heavy atom. The van der Waals surface area contributed by atoms with E-state index in [0.29, 0.717) is 0 Å². The number of nitrogens with zero attached hydrogens (tertiary/aromatic N) is 2. The summed E-state index contributed by atoms with van der Waals surface area (Å²) in [6.07, 6.45) is 16.6. The fourth-order valence-electron chi connectivity index (χ4n) is 4.39. The van der Waals surface area contributed by atoms with Crippen molar-refractivity contribution in [1.29, 1.82) is 0 Å². The van der Waals surface area contributed by atoms with Gasteiger partial charge in [0.15, 0.2) is 0 Å². The number of benzene rings is 4. The fraction of sp³-hybridized carbons (Fsp3) is 0.100. The molecule has 0 amide bonds. The van der Waals surface area contributed by atoms with Gasteiger partial charge in [-0.05, 0) is 74.3 Å². The van der Waals surface area contributed by atoms with Crippen molar-refractivity contribution in [3.05, 3.63) is 164 Å². The van der Waals surface area contributed by atoms with E-state index in [-0.39, 0.29) is 0 Å². The molecule has 1 heterocycles. The van der Waals surface area contributed by atoms with Gasteiger partial charge in [-0.25, -0.2) is 9.97 Å². The van der Waals surface area contributed by atoms with E-state index in [2.05, 4.69) is 173 Å². The summed E-state index contributed by atoms with van der Waals surface area (Å²) in [6, 6.07) is 34.0. The van der Waals surface area contributed by atoms with Crippen LogP contribution in [0.1, 0.15) is 67.3 Å². The molecule has 1 aromatic heterocycles. The molecular formula is C40H36N2. The molecule has 5 aromatic rings. The molecule has 2 heteroatoms. The van der Waals surface area contributed by atoms with Gasteiger partial charge < -0.3 is 0 Å². The van der Waals surface area contributed by atoms with E-state index >= 15 is 0 Å². The van der Waals surface area contributed by atoms with Crippen molar-refractivity contribution >= 4 is 48.6 Å². The summed E-state index contributed by atoms with van der Waals surface area (Å²) in [5, 5.41) is 0. The summed E-state index contributed by atoms with van der Waals surface area (Å²) in [4.78, 5) is 10.3. The Bertz CT molecular complexity index is 1480. The highest BCUT2D eigenvalue weighted by Gasteiger charge is 2.08. The van der Waals surface area contributed by atoms with E-state index in [1.165, 1.54) is 22.3 Å². The quantitative estimate of drug-likeness (QED) is 0.194. The third kappa shape index (κ3) is 7.99. The van der Waals surface area contributed by atoms with E-state index in [9.17, 15) is 0 Å². The van der Waals surface area contributed by atoms with Crippen LogP contribution in [-0.2, 0) is 0 Å². The molecule has 5 rings (SSSR count). The van der Waals surface area contributed by atoms with Gasteiger partial charge in [0, 0.05) is 0 Å². The van der Waals surface area contributed by atoms with Crippen LogP contribution < -0.4 is 0 Å². The molecule has 42 heavy (non-hydrogen) atoms. The maximum absolute atomic E-state index is 5.15. The van der Waals surface area contributed by atoms with E-state index in [0.717, 1.165) is 45.0 Å². The summed E-state index contributed by atoms with van der Waals surface area (Å²) in [5.41, 5.74) is 12.7. The third-order valence-corrected chi connectivity index (χ3v) is 7.05. The van der Waals surface area contributed by atoms with Crippen LogP contribution in [0.5, 0.6) is 0 Å². The molecule has 0 spiro atoms. The molecule has 0 aliphatic heterocycles. The standard InChI is InChI=1S/C40H36N2/c1-29-5-13-33(14-6-29)21-25-37-38(26-22-34-15-7-30(2)8-16-34)42-40(28-24-36-19-11-32(4)12-20-36)39(41-37)27-23-35-17-9-31(3)10-18-35/h5-28H,1-4H3/b25-21+,26-22+,27-23+,28-24+. The van der Waals surface area contributed by atoms with E-state index in [1.807, 2.05) is 0 Å². The zero-order valence-electron chi connectivity index (χ0n) is 24.8. The van der Waals surface area contributed by atoms with Gasteiger partial charge >= 0.3 is 0 Å². The van der Waals surface area contributed by atoms with Crippen molar-refractivity contribution in [2.45, 2.75) is 27.7 Å². The Balaban J connectivity index is 1.60. The van der Waals surface area contributed by atoms with Crippen LogP contribution in [0.15, 0.2) is 97.1 Å². The SMILES string of the molecule is Cc1ccc(/C=C/c2nc(/C=C/c3ccc(C)cc3)c(/C=C/c3ccc(C)cc3)nc2/C=C/c2ccc(C)cc2)cc1. The second-order valence-electron chi connectivity index (χ2n) is 10.7. The van der Waals surface area contributed by atoms with Crippen LogP contribution in [0.25, 0.3) is 48.6 Å². The summed E-state index contributed by atoms with van der Waals surface area (Å²) in [5.74, 6) is 0. The molecule has 0 radical (unpaired) electrons. The molecule has 0 atom stereocenters. The van der Waals surface area contributed by atoms with Crippen molar-refractivity contribution in [3.63, 3.8) is 0 Å². The Morgan fingerprint density at radius 2 is 0.476 bits per heavy atom. The molecule has 0 aliphatic rings. The van der Waals surface area contributed by atoms with Gasteiger partial charge in [0.05, 0.1) is 22.8 Å². The van der Waals surface area contributed by atoms with Crippen molar-refractivity contribution in [1.82, 2.24) is 9.97 Å². The van der Waals surface area contributed by atoms with E-state index < -0.39 is 0 Å². The maximum Gasteiger partial charge on any atom is 0.0894 e. The van der Waals surface area contributed by atoms with Gasteiger partial charge in [-0.2, -0.15) is 0 Å². The average molecular weight is 545 g/mol. The highest BCUT2D eigenvalue weighted by Crippen LogP contribution is 2.21. The molecule has 0 unspecified atom stereocenters. The molecule has 0 saturated heterocycles. The third-order valence-electron chi connectivity index (χ3n) is 7.05. The summed E-state index contributed by atoms with van der Waals surface area (Å²) >= 11 is 0. The van der Waals surface area contributed by atoms with Crippen LogP contribution in [-0.4, -0.2) is 9.97 Å². The maximum atomic E-state index is 5.15. The topological polar surface area (TPSA) is 25.8 Å². The molecule has 0 bridgehead atoms. The van der Waals surface area contributed by atoms with Crippen molar-refractivity contribution in [3.8, 4) is 0 Å². The highest BCUT2D eigenvalue weighted by molar-refractivity contribution is 5.81. The monoisotopic (exact) mass is 544 g/mol. The Labute approximate surface area is 250 Å².